The molecule has 3 aromatic rings. The quantitative estimate of drug-likeness (QED) is 0.592. The van der Waals surface area contributed by atoms with E-state index in [1.807, 2.05) is 42.5 Å². The molecule has 1 heterocycles. The summed E-state index contributed by atoms with van der Waals surface area (Å²) in [6.07, 6.45) is 2.90. The third-order valence-corrected chi connectivity index (χ3v) is 4.43. The maximum Gasteiger partial charge on any atom is 0.0998 e. The van der Waals surface area contributed by atoms with Gasteiger partial charge in [-0.3, -0.25) is 0 Å². The van der Waals surface area contributed by atoms with Crippen molar-refractivity contribution in [2.75, 3.05) is 0 Å². The van der Waals surface area contributed by atoms with Crippen molar-refractivity contribution in [2.24, 2.45) is 0 Å². The van der Waals surface area contributed by atoms with Crippen molar-refractivity contribution in [2.45, 2.75) is 6.42 Å². The Hall–Kier alpha value is -2.63. The first-order valence-corrected chi connectivity index (χ1v) is 7.96. The Balaban J connectivity index is 1.82. The van der Waals surface area contributed by atoms with Gasteiger partial charge in [-0.25, -0.2) is 0 Å². The van der Waals surface area contributed by atoms with Crippen molar-refractivity contribution in [1.82, 2.24) is 0 Å². The summed E-state index contributed by atoms with van der Waals surface area (Å²) in [4.78, 5) is 2.43. The number of thiophene rings is 1. The standard InChI is InChI=1S/C20H15NS/c21-15-18(17-9-5-2-6-10-17)14-20-12-11-19(22-20)13-16-7-3-1-4-8-16/h1-12,14H,13H2/b18-14+. The molecule has 1 aromatic heterocycles. The Morgan fingerprint density at radius 1 is 0.909 bits per heavy atom. The SMILES string of the molecule is N#C/C(=C\c1ccc(Cc2ccccc2)s1)c1ccccc1. The van der Waals surface area contributed by atoms with Crippen molar-refractivity contribution in [3.8, 4) is 6.07 Å². The molecule has 0 aliphatic rings. The van der Waals surface area contributed by atoms with E-state index >= 15 is 0 Å². The monoisotopic (exact) mass is 301 g/mol. The topological polar surface area (TPSA) is 23.8 Å². The number of hydrogen-bond donors (Lipinski definition) is 0. The van der Waals surface area contributed by atoms with Crippen LogP contribution in [0.2, 0.25) is 0 Å². The maximum absolute atomic E-state index is 9.37. The molecule has 0 radical (unpaired) electrons. The van der Waals surface area contributed by atoms with Gasteiger partial charge in [0.05, 0.1) is 11.6 Å². The highest BCUT2D eigenvalue weighted by Crippen LogP contribution is 2.24. The first kappa shape index (κ1) is 14.3. The molecule has 0 saturated heterocycles. The molecule has 0 fully saturated rings. The van der Waals surface area contributed by atoms with E-state index in [0.29, 0.717) is 5.57 Å². The summed E-state index contributed by atoms with van der Waals surface area (Å²) < 4.78 is 0. The number of rotatable bonds is 4. The summed E-state index contributed by atoms with van der Waals surface area (Å²) in [6, 6.07) is 26.8. The van der Waals surface area contributed by atoms with Gasteiger partial charge in [0.2, 0.25) is 0 Å². The van der Waals surface area contributed by atoms with Crippen LogP contribution in [0.3, 0.4) is 0 Å². The second-order valence-electron chi connectivity index (χ2n) is 5.00. The minimum absolute atomic E-state index is 0.703. The molecular weight excluding hydrogens is 286 g/mol. The van der Waals surface area contributed by atoms with Gasteiger partial charge in [-0.05, 0) is 29.3 Å². The Kier molecular flexibility index (Phi) is 4.48. The Labute approximate surface area is 134 Å². The fraction of sp³-hybridized carbons (Fsp3) is 0.0500. The van der Waals surface area contributed by atoms with Gasteiger partial charge in [-0.1, -0.05) is 60.7 Å². The van der Waals surface area contributed by atoms with Crippen LogP contribution in [0.5, 0.6) is 0 Å². The van der Waals surface area contributed by atoms with E-state index in [4.69, 9.17) is 0 Å². The summed E-state index contributed by atoms with van der Waals surface area (Å²) in [7, 11) is 0. The molecule has 0 amide bonds. The summed E-state index contributed by atoms with van der Waals surface area (Å²) in [5, 5.41) is 9.37. The Morgan fingerprint density at radius 3 is 2.27 bits per heavy atom. The Morgan fingerprint density at radius 2 is 1.59 bits per heavy atom. The predicted molar refractivity (Wildman–Crippen MR) is 93.5 cm³/mol. The highest BCUT2D eigenvalue weighted by molar-refractivity contribution is 7.13. The van der Waals surface area contributed by atoms with Crippen molar-refractivity contribution in [1.29, 1.82) is 5.26 Å². The molecule has 0 aliphatic carbocycles. The maximum atomic E-state index is 9.37. The summed E-state index contributed by atoms with van der Waals surface area (Å²) in [5.74, 6) is 0. The molecule has 0 atom stereocenters. The number of nitriles is 1. The third kappa shape index (κ3) is 3.52. The van der Waals surface area contributed by atoms with Gasteiger partial charge in [0, 0.05) is 16.2 Å². The van der Waals surface area contributed by atoms with Crippen molar-refractivity contribution >= 4 is 23.0 Å². The van der Waals surface area contributed by atoms with Gasteiger partial charge in [0.25, 0.3) is 0 Å². The van der Waals surface area contributed by atoms with Gasteiger partial charge in [0.1, 0.15) is 0 Å². The Bertz CT molecular complexity index is 808. The van der Waals surface area contributed by atoms with Crippen LogP contribution in [0.4, 0.5) is 0 Å². The summed E-state index contributed by atoms with van der Waals surface area (Å²) in [5.41, 5.74) is 2.97. The molecule has 0 aliphatic heterocycles. The minimum atomic E-state index is 0.703. The van der Waals surface area contributed by atoms with E-state index in [0.717, 1.165) is 16.9 Å². The zero-order valence-corrected chi connectivity index (χ0v) is 12.9. The van der Waals surface area contributed by atoms with Crippen LogP contribution in [0.1, 0.15) is 20.9 Å². The zero-order chi connectivity index (χ0) is 15.2. The molecule has 2 heteroatoms. The van der Waals surface area contributed by atoms with Crippen LogP contribution in [-0.4, -0.2) is 0 Å². The van der Waals surface area contributed by atoms with Crippen LogP contribution in [0, 0.1) is 11.3 Å². The van der Waals surface area contributed by atoms with Crippen LogP contribution in [0.15, 0.2) is 72.8 Å². The van der Waals surface area contributed by atoms with Gasteiger partial charge >= 0.3 is 0 Å². The van der Waals surface area contributed by atoms with E-state index in [9.17, 15) is 5.26 Å². The van der Waals surface area contributed by atoms with Gasteiger partial charge in [-0.15, -0.1) is 11.3 Å². The van der Waals surface area contributed by atoms with Crippen molar-refractivity contribution in [3.05, 3.63) is 93.7 Å². The summed E-state index contributed by atoms with van der Waals surface area (Å²) in [6.45, 7) is 0. The highest BCUT2D eigenvalue weighted by atomic mass is 32.1. The molecule has 2 aromatic carbocycles. The lowest BCUT2D eigenvalue weighted by atomic mass is 10.1. The molecule has 3 rings (SSSR count). The molecule has 106 valence electrons. The lowest BCUT2D eigenvalue weighted by molar-refractivity contribution is 1.24. The number of benzene rings is 2. The van der Waals surface area contributed by atoms with E-state index < -0.39 is 0 Å². The molecule has 0 N–H and O–H groups in total. The second kappa shape index (κ2) is 6.89. The van der Waals surface area contributed by atoms with E-state index in [1.54, 1.807) is 11.3 Å². The van der Waals surface area contributed by atoms with Crippen LogP contribution >= 0.6 is 11.3 Å². The van der Waals surface area contributed by atoms with Crippen LogP contribution in [0.25, 0.3) is 11.6 Å². The fourth-order valence-corrected chi connectivity index (χ4v) is 3.29. The molecule has 22 heavy (non-hydrogen) atoms. The lowest BCUT2D eigenvalue weighted by Crippen LogP contribution is -1.82. The molecular formula is C20H15NS. The zero-order valence-electron chi connectivity index (χ0n) is 12.1. The van der Waals surface area contributed by atoms with E-state index in [-0.39, 0.29) is 0 Å². The molecule has 0 spiro atoms. The van der Waals surface area contributed by atoms with E-state index in [1.165, 1.54) is 10.4 Å². The smallest absolute Gasteiger partial charge is 0.0998 e. The van der Waals surface area contributed by atoms with Gasteiger partial charge < -0.3 is 0 Å². The average Bonchev–Trinajstić information content (AvgIpc) is 3.01. The first-order chi connectivity index (χ1) is 10.8. The fourth-order valence-electron chi connectivity index (χ4n) is 2.30. The third-order valence-electron chi connectivity index (χ3n) is 3.40. The van der Waals surface area contributed by atoms with Crippen molar-refractivity contribution in [3.63, 3.8) is 0 Å². The van der Waals surface area contributed by atoms with Crippen LogP contribution in [-0.2, 0) is 6.42 Å². The minimum Gasteiger partial charge on any atom is -0.192 e. The van der Waals surface area contributed by atoms with Crippen molar-refractivity contribution < 1.29 is 0 Å². The predicted octanol–water partition coefficient (Wildman–Crippen LogP) is 5.40. The largest absolute Gasteiger partial charge is 0.192 e. The second-order valence-corrected chi connectivity index (χ2v) is 6.20. The van der Waals surface area contributed by atoms with E-state index in [2.05, 4.69) is 42.5 Å². The van der Waals surface area contributed by atoms with Crippen LogP contribution < -0.4 is 0 Å². The van der Waals surface area contributed by atoms with Gasteiger partial charge in [0.15, 0.2) is 0 Å². The van der Waals surface area contributed by atoms with Gasteiger partial charge in [-0.2, -0.15) is 5.26 Å². The number of allylic oxidation sites excluding steroid dienone is 1. The number of nitrogens with zero attached hydrogens (tertiary/aromatic N) is 1. The number of hydrogen-bond acceptors (Lipinski definition) is 2. The average molecular weight is 301 g/mol. The molecule has 0 bridgehead atoms. The summed E-state index contributed by atoms with van der Waals surface area (Å²) >= 11 is 1.74. The first-order valence-electron chi connectivity index (χ1n) is 7.15. The highest BCUT2D eigenvalue weighted by Gasteiger charge is 2.03. The molecule has 0 unspecified atom stereocenters. The molecule has 0 saturated carbocycles. The lowest BCUT2D eigenvalue weighted by Gasteiger charge is -1.98. The normalized spacial score (nSPS) is 11.1. The molecule has 1 nitrogen and oxygen atoms in total.